The number of nitrogens with zero attached hydrogens (tertiary/aromatic N) is 5. The fourth-order valence-electron chi connectivity index (χ4n) is 3.28. The molecule has 1 unspecified atom stereocenters. The minimum Gasteiger partial charge on any atom is -0.372 e. The average Bonchev–Trinajstić information content (AvgIpc) is 2.91. The number of hydrogen-bond acceptors (Lipinski definition) is 5. The molecule has 3 rings (SSSR count). The van der Waals surface area contributed by atoms with Gasteiger partial charge < -0.3 is 9.30 Å². The predicted octanol–water partition coefficient (Wildman–Crippen LogP) is 0.970. The monoisotopic (exact) mass is 315 g/mol. The van der Waals surface area contributed by atoms with Gasteiger partial charge in [-0.2, -0.15) is 0 Å². The Bertz CT molecular complexity index is 496. The normalized spacial score (nSPS) is 23.9. The number of aromatic nitrogens is 3. The summed E-state index contributed by atoms with van der Waals surface area (Å²) in [7, 11) is 0. The molecule has 0 aromatic carbocycles. The summed E-state index contributed by atoms with van der Waals surface area (Å²) in [6.07, 6.45) is -1.38. The van der Waals surface area contributed by atoms with Gasteiger partial charge in [-0.1, -0.05) is 6.92 Å². The fraction of sp³-hybridized carbons (Fsp3) is 0.857. The Labute approximate surface area is 129 Å². The fourth-order valence-corrected chi connectivity index (χ4v) is 3.28. The average molecular weight is 315 g/mol. The van der Waals surface area contributed by atoms with E-state index >= 15 is 0 Å². The zero-order valence-electron chi connectivity index (χ0n) is 12.9. The van der Waals surface area contributed by atoms with Gasteiger partial charge in [0, 0.05) is 32.2 Å². The van der Waals surface area contributed by atoms with Crippen LogP contribution < -0.4 is 0 Å². The lowest BCUT2D eigenvalue weighted by atomic mass is 10.1. The molecule has 1 saturated heterocycles. The van der Waals surface area contributed by atoms with E-state index in [-0.39, 0.29) is 12.6 Å². The first kappa shape index (κ1) is 15.8. The maximum Gasteiger partial charge on any atom is 0.251 e. The van der Waals surface area contributed by atoms with Crippen LogP contribution in [-0.4, -0.2) is 69.8 Å². The highest BCUT2D eigenvalue weighted by atomic mass is 19.3. The topological polar surface area (TPSA) is 46.4 Å². The molecule has 0 amide bonds. The number of ether oxygens (including phenoxy) is 1. The van der Waals surface area contributed by atoms with E-state index in [1.54, 1.807) is 0 Å². The highest BCUT2D eigenvalue weighted by Crippen LogP contribution is 2.17. The summed E-state index contributed by atoms with van der Waals surface area (Å²) >= 11 is 0. The van der Waals surface area contributed by atoms with Crippen molar-refractivity contribution in [1.82, 2.24) is 24.6 Å². The number of alkyl halides is 2. The van der Waals surface area contributed by atoms with Crippen LogP contribution in [0.3, 0.4) is 0 Å². The molecule has 0 spiro atoms. The van der Waals surface area contributed by atoms with Gasteiger partial charge in [0.15, 0.2) is 5.82 Å². The quantitative estimate of drug-likeness (QED) is 0.810. The molecule has 1 fully saturated rings. The van der Waals surface area contributed by atoms with Gasteiger partial charge in [-0.15, -0.1) is 10.2 Å². The second-order valence-corrected chi connectivity index (χ2v) is 5.92. The van der Waals surface area contributed by atoms with Crippen LogP contribution in [0.2, 0.25) is 0 Å². The van der Waals surface area contributed by atoms with Crippen molar-refractivity contribution < 1.29 is 13.5 Å². The van der Waals surface area contributed by atoms with E-state index in [1.165, 1.54) is 0 Å². The third-order valence-corrected chi connectivity index (χ3v) is 4.49. The van der Waals surface area contributed by atoms with Gasteiger partial charge in [0.25, 0.3) is 6.43 Å². The third-order valence-electron chi connectivity index (χ3n) is 4.49. The number of fused-ring (bicyclic) bond motifs is 1. The summed E-state index contributed by atoms with van der Waals surface area (Å²) in [5, 5.41) is 8.44. The maximum absolute atomic E-state index is 12.6. The minimum absolute atomic E-state index is 0.121. The van der Waals surface area contributed by atoms with Crippen LogP contribution in [0.4, 0.5) is 8.78 Å². The molecule has 1 atom stereocenters. The molecule has 0 radical (unpaired) electrons. The Morgan fingerprint density at radius 3 is 2.91 bits per heavy atom. The standard InChI is InChI=1S/C14H23F2N5O/c1-2-11-7-19(3-4-20(11)8-12(15)16)9-13-17-18-14-10-22-6-5-21(13)14/h11-12H,2-10H2,1H3. The lowest BCUT2D eigenvalue weighted by Gasteiger charge is -2.40. The molecular formula is C14H23F2N5O. The van der Waals surface area contributed by atoms with Crippen LogP contribution in [-0.2, 0) is 24.4 Å². The Hall–Kier alpha value is -1.12. The molecule has 8 heteroatoms. The predicted molar refractivity (Wildman–Crippen MR) is 76.6 cm³/mol. The summed E-state index contributed by atoms with van der Waals surface area (Å²) < 4.78 is 32.8. The SMILES string of the molecule is CCC1CN(Cc2nnc3n2CCOC3)CCN1CC(F)F. The largest absolute Gasteiger partial charge is 0.372 e. The van der Waals surface area contributed by atoms with E-state index in [0.717, 1.165) is 44.2 Å². The highest BCUT2D eigenvalue weighted by molar-refractivity contribution is 4.97. The number of piperazine rings is 1. The zero-order chi connectivity index (χ0) is 15.5. The van der Waals surface area contributed by atoms with Gasteiger partial charge in [-0.3, -0.25) is 9.80 Å². The molecule has 1 aromatic heterocycles. The van der Waals surface area contributed by atoms with E-state index < -0.39 is 6.43 Å². The van der Waals surface area contributed by atoms with Gasteiger partial charge in [-0.25, -0.2) is 8.78 Å². The van der Waals surface area contributed by atoms with Crippen molar-refractivity contribution in [2.45, 2.75) is 45.5 Å². The van der Waals surface area contributed by atoms with Gasteiger partial charge in [0.1, 0.15) is 12.4 Å². The Morgan fingerprint density at radius 1 is 1.27 bits per heavy atom. The van der Waals surface area contributed by atoms with Crippen molar-refractivity contribution in [2.24, 2.45) is 0 Å². The minimum atomic E-state index is -2.26. The van der Waals surface area contributed by atoms with Crippen LogP contribution in [0.5, 0.6) is 0 Å². The van der Waals surface area contributed by atoms with Crippen LogP contribution in [0.1, 0.15) is 25.0 Å². The van der Waals surface area contributed by atoms with Crippen LogP contribution in [0.15, 0.2) is 0 Å². The highest BCUT2D eigenvalue weighted by Gasteiger charge is 2.28. The third kappa shape index (κ3) is 3.44. The van der Waals surface area contributed by atoms with Crippen molar-refractivity contribution in [3.63, 3.8) is 0 Å². The maximum atomic E-state index is 12.6. The van der Waals surface area contributed by atoms with Crippen molar-refractivity contribution in [3.8, 4) is 0 Å². The summed E-state index contributed by atoms with van der Waals surface area (Å²) in [6.45, 7) is 6.96. The first-order valence-corrected chi connectivity index (χ1v) is 7.90. The Morgan fingerprint density at radius 2 is 2.14 bits per heavy atom. The van der Waals surface area contributed by atoms with Crippen molar-refractivity contribution in [2.75, 3.05) is 32.8 Å². The van der Waals surface area contributed by atoms with Crippen LogP contribution in [0, 0.1) is 0 Å². The Kier molecular flexibility index (Phi) is 5.00. The zero-order valence-corrected chi connectivity index (χ0v) is 12.9. The molecule has 124 valence electrons. The van der Waals surface area contributed by atoms with Gasteiger partial charge in [0.2, 0.25) is 0 Å². The summed E-state index contributed by atoms with van der Waals surface area (Å²) in [5.41, 5.74) is 0. The molecule has 1 aromatic rings. The van der Waals surface area contributed by atoms with Gasteiger partial charge in [0.05, 0.1) is 19.7 Å². The van der Waals surface area contributed by atoms with E-state index in [9.17, 15) is 8.78 Å². The van der Waals surface area contributed by atoms with E-state index in [0.29, 0.717) is 19.8 Å². The molecule has 0 aliphatic carbocycles. The van der Waals surface area contributed by atoms with E-state index in [2.05, 4.69) is 26.6 Å². The van der Waals surface area contributed by atoms with E-state index in [1.807, 2.05) is 4.90 Å². The smallest absolute Gasteiger partial charge is 0.251 e. The van der Waals surface area contributed by atoms with Crippen molar-refractivity contribution >= 4 is 0 Å². The number of hydrogen-bond donors (Lipinski definition) is 0. The number of rotatable bonds is 5. The molecule has 0 saturated carbocycles. The molecule has 6 nitrogen and oxygen atoms in total. The molecule has 2 aliphatic heterocycles. The molecule has 3 heterocycles. The Balaban J connectivity index is 1.61. The molecule has 0 bridgehead atoms. The molecule has 2 aliphatic rings. The molecule has 22 heavy (non-hydrogen) atoms. The number of halogens is 2. The van der Waals surface area contributed by atoms with Gasteiger partial charge in [-0.05, 0) is 6.42 Å². The summed E-state index contributed by atoms with van der Waals surface area (Å²) in [4.78, 5) is 4.21. The van der Waals surface area contributed by atoms with Crippen molar-refractivity contribution in [3.05, 3.63) is 11.6 Å². The second-order valence-electron chi connectivity index (χ2n) is 5.92. The second kappa shape index (κ2) is 6.97. The first-order chi connectivity index (χ1) is 10.7. The van der Waals surface area contributed by atoms with Crippen molar-refractivity contribution in [1.29, 1.82) is 0 Å². The van der Waals surface area contributed by atoms with Crippen LogP contribution in [0.25, 0.3) is 0 Å². The molecular weight excluding hydrogens is 292 g/mol. The lowest BCUT2D eigenvalue weighted by Crippen LogP contribution is -2.53. The first-order valence-electron chi connectivity index (χ1n) is 7.90. The van der Waals surface area contributed by atoms with Crippen LogP contribution >= 0.6 is 0 Å². The van der Waals surface area contributed by atoms with E-state index in [4.69, 9.17) is 4.74 Å². The van der Waals surface area contributed by atoms with Gasteiger partial charge >= 0.3 is 0 Å². The molecule has 0 N–H and O–H groups in total. The lowest BCUT2D eigenvalue weighted by molar-refractivity contribution is 0.0154. The summed E-state index contributed by atoms with van der Waals surface area (Å²) in [6, 6.07) is 0.190. The summed E-state index contributed by atoms with van der Waals surface area (Å²) in [5.74, 6) is 1.83.